The van der Waals surface area contributed by atoms with Crippen LogP contribution < -0.4 is 10.1 Å². The number of methoxy groups -OCH3 is 1. The average molecular weight is 461 g/mol. The molecule has 4 aromatic rings. The van der Waals surface area contributed by atoms with E-state index in [0.29, 0.717) is 33.4 Å². The molecule has 0 saturated heterocycles. The fraction of sp³-hybridized carbons (Fsp3) is 0.125. The Balaban J connectivity index is 1.60. The van der Waals surface area contributed by atoms with E-state index >= 15 is 0 Å². The highest BCUT2D eigenvalue weighted by Crippen LogP contribution is 2.33. The van der Waals surface area contributed by atoms with E-state index in [1.807, 2.05) is 48.5 Å². The van der Waals surface area contributed by atoms with Gasteiger partial charge in [-0.25, -0.2) is 9.97 Å². The van der Waals surface area contributed by atoms with Crippen LogP contribution in [-0.2, 0) is 4.79 Å². The molecule has 0 aliphatic heterocycles. The van der Waals surface area contributed by atoms with Gasteiger partial charge in [0.1, 0.15) is 16.3 Å². The number of ether oxygens (including phenoxy) is 1. The van der Waals surface area contributed by atoms with Crippen LogP contribution in [0.4, 0.5) is 11.4 Å². The third-order valence-electron chi connectivity index (χ3n) is 4.94. The Morgan fingerprint density at radius 1 is 1.09 bits per heavy atom. The van der Waals surface area contributed by atoms with Gasteiger partial charge in [0.15, 0.2) is 5.82 Å². The molecule has 0 atom stereocenters. The highest BCUT2D eigenvalue weighted by atomic mass is 32.2. The molecule has 0 saturated carbocycles. The summed E-state index contributed by atoms with van der Waals surface area (Å²) < 4.78 is 5.49. The summed E-state index contributed by atoms with van der Waals surface area (Å²) in [7, 11) is 1.59. The Kier molecular flexibility index (Phi) is 6.50. The van der Waals surface area contributed by atoms with Gasteiger partial charge >= 0.3 is 0 Å². The number of rotatable bonds is 7. The minimum Gasteiger partial charge on any atom is -0.494 e. The van der Waals surface area contributed by atoms with Crippen LogP contribution in [0.2, 0.25) is 0 Å². The molecule has 0 unspecified atom stereocenters. The SMILES string of the molecule is COc1cccc2c(SCC(=O)Nc3ccc([N+](=O)[O-])cc3C)nc(-c3ccccc3)nc12. The van der Waals surface area contributed by atoms with Crippen LogP contribution >= 0.6 is 11.8 Å². The van der Waals surface area contributed by atoms with E-state index in [4.69, 9.17) is 14.7 Å². The maximum atomic E-state index is 12.6. The van der Waals surface area contributed by atoms with Gasteiger partial charge in [-0.3, -0.25) is 14.9 Å². The Hall–Kier alpha value is -3.98. The van der Waals surface area contributed by atoms with E-state index < -0.39 is 4.92 Å². The summed E-state index contributed by atoms with van der Waals surface area (Å²) in [5, 5.41) is 15.2. The van der Waals surface area contributed by atoms with Gasteiger partial charge in [-0.1, -0.05) is 48.2 Å². The van der Waals surface area contributed by atoms with Crippen molar-refractivity contribution in [1.82, 2.24) is 9.97 Å². The van der Waals surface area contributed by atoms with Gasteiger partial charge in [0.05, 0.1) is 17.8 Å². The monoisotopic (exact) mass is 460 g/mol. The Labute approximate surface area is 194 Å². The number of fused-ring (bicyclic) bond motifs is 1. The van der Waals surface area contributed by atoms with Crippen LogP contribution in [0.1, 0.15) is 5.56 Å². The lowest BCUT2D eigenvalue weighted by molar-refractivity contribution is -0.384. The maximum Gasteiger partial charge on any atom is 0.269 e. The number of anilines is 1. The van der Waals surface area contributed by atoms with Crippen molar-refractivity contribution in [2.45, 2.75) is 11.9 Å². The van der Waals surface area contributed by atoms with Crippen molar-refractivity contribution in [1.29, 1.82) is 0 Å². The first-order chi connectivity index (χ1) is 16.0. The van der Waals surface area contributed by atoms with Crippen LogP contribution in [0.15, 0.2) is 71.8 Å². The highest BCUT2D eigenvalue weighted by Gasteiger charge is 2.15. The largest absolute Gasteiger partial charge is 0.494 e. The summed E-state index contributed by atoms with van der Waals surface area (Å²) in [6.45, 7) is 1.71. The standard InChI is InChI=1S/C24H20N4O4S/c1-15-13-17(28(30)31)11-12-19(15)25-21(29)14-33-24-18-9-6-10-20(32-2)22(18)26-23(27-24)16-7-4-3-5-8-16/h3-13H,14H2,1-2H3,(H,25,29). The van der Waals surface area contributed by atoms with Crippen LogP contribution in [0.25, 0.3) is 22.3 Å². The first-order valence-corrected chi connectivity index (χ1v) is 11.0. The molecule has 166 valence electrons. The fourth-order valence-corrected chi connectivity index (χ4v) is 4.12. The third kappa shape index (κ3) is 4.93. The summed E-state index contributed by atoms with van der Waals surface area (Å²) in [6, 6.07) is 19.5. The van der Waals surface area contributed by atoms with E-state index in [0.717, 1.165) is 10.9 Å². The lowest BCUT2D eigenvalue weighted by Gasteiger charge is -2.12. The number of para-hydroxylation sites is 1. The number of amides is 1. The van der Waals surface area contributed by atoms with Crippen molar-refractivity contribution in [2.24, 2.45) is 0 Å². The molecule has 0 aliphatic carbocycles. The van der Waals surface area contributed by atoms with Gasteiger partial charge in [-0.2, -0.15) is 0 Å². The van der Waals surface area contributed by atoms with Crippen LogP contribution in [0.5, 0.6) is 5.75 Å². The Morgan fingerprint density at radius 2 is 1.88 bits per heavy atom. The quantitative estimate of drug-likeness (QED) is 0.174. The molecule has 9 heteroatoms. The lowest BCUT2D eigenvalue weighted by Crippen LogP contribution is -2.15. The molecule has 4 rings (SSSR count). The number of nitrogens with zero attached hydrogens (tertiary/aromatic N) is 3. The van der Waals surface area contributed by atoms with Gasteiger partial charge in [0, 0.05) is 28.8 Å². The predicted octanol–water partition coefficient (Wildman–Crippen LogP) is 5.25. The van der Waals surface area contributed by atoms with E-state index in [2.05, 4.69) is 5.32 Å². The molecule has 0 radical (unpaired) electrons. The molecule has 1 aromatic heterocycles. The van der Waals surface area contributed by atoms with Crippen LogP contribution in [0.3, 0.4) is 0 Å². The molecule has 0 aliphatic rings. The lowest BCUT2D eigenvalue weighted by atomic mass is 10.2. The zero-order valence-electron chi connectivity index (χ0n) is 17.9. The van der Waals surface area contributed by atoms with Gasteiger partial charge in [0.25, 0.3) is 5.69 Å². The highest BCUT2D eigenvalue weighted by molar-refractivity contribution is 8.00. The number of benzene rings is 3. The van der Waals surface area contributed by atoms with Crippen molar-refractivity contribution in [3.05, 3.63) is 82.4 Å². The summed E-state index contributed by atoms with van der Waals surface area (Å²) in [4.78, 5) is 32.5. The van der Waals surface area contributed by atoms with Crippen molar-refractivity contribution in [2.75, 3.05) is 18.2 Å². The van der Waals surface area contributed by atoms with E-state index in [-0.39, 0.29) is 17.3 Å². The van der Waals surface area contributed by atoms with Crippen molar-refractivity contribution in [3.63, 3.8) is 0 Å². The fourth-order valence-electron chi connectivity index (χ4n) is 3.31. The molecule has 8 nitrogen and oxygen atoms in total. The normalized spacial score (nSPS) is 10.7. The Morgan fingerprint density at radius 3 is 2.58 bits per heavy atom. The summed E-state index contributed by atoms with van der Waals surface area (Å²) in [5.74, 6) is 1.03. The number of aryl methyl sites for hydroxylation is 1. The molecule has 1 heterocycles. The number of carbonyl (C=O) groups is 1. The first kappa shape index (κ1) is 22.2. The van der Waals surface area contributed by atoms with E-state index in [1.54, 1.807) is 14.0 Å². The molecule has 0 fully saturated rings. The van der Waals surface area contributed by atoms with Gasteiger partial charge < -0.3 is 10.1 Å². The first-order valence-electron chi connectivity index (χ1n) is 10.0. The zero-order chi connectivity index (χ0) is 23.4. The second-order valence-electron chi connectivity index (χ2n) is 7.17. The number of carbonyl (C=O) groups excluding carboxylic acids is 1. The number of nitro groups is 1. The van der Waals surface area contributed by atoms with E-state index in [9.17, 15) is 14.9 Å². The van der Waals surface area contributed by atoms with Crippen molar-refractivity contribution in [3.8, 4) is 17.1 Å². The van der Waals surface area contributed by atoms with Crippen LogP contribution in [-0.4, -0.2) is 33.7 Å². The van der Waals surface area contributed by atoms with Crippen molar-refractivity contribution >= 4 is 39.9 Å². The molecule has 0 bridgehead atoms. The number of thioether (sulfide) groups is 1. The number of nitro benzene ring substituents is 1. The van der Waals surface area contributed by atoms with Gasteiger partial charge in [-0.05, 0) is 30.7 Å². The molecular formula is C24H20N4O4S. The summed E-state index contributed by atoms with van der Waals surface area (Å²) >= 11 is 1.29. The van der Waals surface area contributed by atoms with Gasteiger partial charge in [0.2, 0.25) is 5.91 Å². The molecule has 0 spiro atoms. The molecular weight excluding hydrogens is 440 g/mol. The second kappa shape index (κ2) is 9.66. The Bertz CT molecular complexity index is 1350. The van der Waals surface area contributed by atoms with Crippen molar-refractivity contribution < 1.29 is 14.5 Å². The molecule has 33 heavy (non-hydrogen) atoms. The second-order valence-corrected chi connectivity index (χ2v) is 8.13. The zero-order valence-corrected chi connectivity index (χ0v) is 18.8. The smallest absolute Gasteiger partial charge is 0.269 e. The maximum absolute atomic E-state index is 12.6. The van der Waals surface area contributed by atoms with E-state index in [1.165, 1.54) is 30.0 Å². The number of aromatic nitrogens is 2. The molecule has 1 amide bonds. The minimum absolute atomic E-state index is 0.0188. The topological polar surface area (TPSA) is 107 Å². The summed E-state index contributed by atoms with van der Waals surface area (Å²) in [6.07, 6.45) is 0. The average Bonchev–Trinajstić information content (AvgIpc) is 2.83. The summed E-state index contributed by atoms with van der Waals surface area (Å²) in [5.41, 5.74) is 2.66. The number of nitrogens with one attached hydrogen (secondary N) is 1. The number of non-ortho nitro benzene ring substituents is 1. The molecule has 1 N–H and O–H groups in total. The molecule has 3 aromatic carbocycles. The van der Waals surface area contributed by atoms with Gasteiger partial charge in [-0.15, -0.1) is 0 Å². The van der Waals surface area contributed by atoms with Crippen LogP contribution in [0, 0.1) is 17.0 Å². The third-order valence-corrected chi connectivity index (χ3v) is 5.93. The predicted molar refractivity (Wildman–Crippen MR) is 129 cm³/mol. The number of hydrogen-bond donors (Lipinski definition) is 1. The number of hydrogen-bond acceptors (Lipinski definition) is 7. The minimum atomic E-state index is -0.465.